The van der Waals surface area contributed by atoms with Crippen LogP contribution >= 0.6 is 0 Å². The van der Waals surface area contributed by atoms with Gasteiger partial charge in [-0.25, -0.2) is 4.79 Å². The first-order valence-corrected chi connectivity index (χ1v) is 6.16. The fourth-order valence-corrected chi connectivity index (χ4v) is 1.45. The summed E-state index contributed by atoms with van der Waals surface area (Å²) in [6.07, 6.45) is -0.871. The van der Waals surface area contributed by atoms with Gasteiger partial charge in [-0.05, 0) is 32.0 Å². The third-order valence-electron chi connectivity index (χ3n) is 2.13. The van der Waals surface area contributed by atoms with E-state index in [1.54, 1.807) is 32.0 Å². The number of anilines is 3. The van der Waals surface area contributed by atoms with Crippen LogP contribution in [-0.4, -0.2) is 24.8 Å². The van der Waals surface area contributed by atoms with Crippen molar-refractivity contribution in [3.8, 4) is 0 Å². The molecule has 1 aromatic rings. The molecule has 0 fully saturated rings. The van der Waals surface area contributed by atoms with Gasteiger partial charge < -0.3 is 20.9 Å². The molecular weight excluding hydrogens is 262 g/mol. The van der Waals surface area contributed by atoms with E-state index in [0.717, 1.165) is 0 Å². The van der Waals surface area contributed by atoms with Gasteiger partial charge in [-0.2, -0.15) is 0 Å². The molecule has 0 spiro atoms. The topological polar surface area (TPSA) is 117 Å². The maximum Gasteiger partial charge on any atom is 0.411 e. The summed E-state index contributed by atoms with van der Waals surface area (Å²) in [4.78, 5) is 22.7. The van der Waals surface area contributed by atoms with Gasteiger partial charge in [0.2, 0.25) is 0 Å². The van der Waals surface area contributed by atoms with E-state index in [1.807, 2.05) is 0 Å². The number of esters is 1. The summed E-state index contributed by atoms with van der Waals surface area (Å²) in [5.41, 5.74) is 12.5. The molecule has 0 atom stereocenters. The van der Waals surface area contributed by atoms with E-state index in [0.29, 0.717) is 17.1 Å². The summed E-state index contributed by atoms with van der Waals surface area (Å²) in [5.74, 6) is -0.416. The highest BCUT2D eigenvalue weighted by molar-refractivity contribution is 5.86. The first kappa shape index (κ1) is 15.6. The largest absolute Gasteiger partial charge is 0.463 e. The molecule has 0 saturated heterocycles. The Morgan fingerprint density at radius 1 is 1.20 bits per heavy atom. The maximum absolute atomic E-state index is 11.5. The van der Waals surface area contributed by atoms with Crippen LogP contribution in [0.15, 0.2) is 18.2 Å². The van der Waals surface area contributed by atoms with Gasteiger partial charge in [-0.15, -0.1) is 0 Å². The Hall–Kier alpha value is -2.44. The van der Waals surface area contributed by atoms with Gasteiger partial charge >= 0.3 is 12.1 Å². The van der Waals surface area contributed by atoms with Crippen LogP contribution in [-0.2, 0) is 14.3 Å². The number of hydrogen-bond donors (Lipinski definition) is 3. The van der Waals surface area contributed by atoms with Gasteiger partial charge in [0.05, 0.1) is 12.5 Å². The Morgan fingerprint density at radius 3 is 2.35 bits per heavy atom. The van der Waals surface area contributed by atoms with Crippen LogP contribution in [0.3, 0.4) is 0 Å². The lowest BCUT2D eigenvalue weighted by atomic mass is 10.2. The summed E-state index contributed by atoms with van der Waals surface area (Å²) in [5, 5.41) is 2.46. The Balaban J connectivity index is 2.35. The lowest BCUT2D eigenvalue weighted by molar-refractivity contribution is -0.148. The molecule has 110 valence electrons. The first-order valence-electron chi connectivity index (χ1n) is 6.16. The lowest BCUT2D eigenvalue weighted by Gasteiger charge is -2.09. The average molecular weight is 281 g/mol. The monoisotopic (exact) mass is 281 g/mol. The molecule has 1 amide bonds. The van der Waals surface area contributed by atoms with E-state index in [2.05, 4.69) is 5.32 Å². The third kappa shape index (κ3) is 5.94. The molecule has 5 N–H and O–H groups in total. The zero-order valence-corrected chi connectivity index (χ0v) is 11.5. The van der Waals surface area contributed by atoms with Crippen molar-refractivity contribution in [3.63, 3.8) is 0 Å². The standard InChI is InChI=1S/C13H19N3O4/c1-8(2)20-12(17)3-4-19-13(18)16-11-6-9(14)5-10(15)7-11/h5-8H,3-4,14-15H2,1-2H3,(H,16,18). The van der Waals surface area contributed by atoms with E-state index in [1.165, 1.54) is 0 Å². The second kappa shape index (κ2) is 7.22. The number of amides is 1. The normalized spacial score (nSPS) is 10.2. The number of nitrogen functional groups attached to an aromatic ring is 2. The molecule has 0 aliphatic carbocycles. The number of rotatable bonds is 5. The number of nitrogens with two attached hydrogens (primary N) is 2. The Labute approximate surface area is 117 Å². The molecule has 7 nitrogen and oxygen atoms in total. The minimum atomic E-state index is -0.688. The summed E-state index contributed by atoms with van der Waals surface area (Å²) < 4.78 is 9.74. The molecule has 0 aromatic heterocycles. The molecule has 0 aliphatic rings. The second-order valence-corrected chi connectivity index (χ2v) is 4.44. The zero-order chi connectivity index (χ0) is 15.1. The molecule has 0 bridgehead atoms. The fourth-order valence-electron chi connectivity index (χ4n) is 1.45. The Morgan fingerprint density at radius 2 is 1.80 bits per heavy atom. The minimum absolute atomic E-state index is 0.00463. The number of nitrogens with one attached hydrogen (secondary N) is 1. The van der Waals surface area contributed by atoms with Crippen molar-refractivity contribution in [2.24, 2.45) is 0 Å². The van der Waals surface area contributed by atoms with Crippen LogP contribution in [0.2, 0.25) is 0 Å². The molecule has 20 heavy (non-hydrogen) atoms. The van der Waals surface area contributed by atoms with Crippen molar-refractivity contribution in [2.45, 2.75) is 26.4 Å². The summed E-state index contributed by atoms with van der Waals surface area (Å²) in [6, 6.07) is 4.66. The summed E-state index contributed by atoms with van der Waals surface area (Å²) >= 11 is 0. The smallest absolute Gasteiger partial charge is 0.411 e. The van der Waals surface area contributed by atoms with Crippen molar-refractivity contribution < 1.29 is 19.1 Å². The summed E-state index contributed by atoms with van der Waals surface area (Å²) in [7, 11) is 0. The Kier molecular flexibility index (Phi) is 5.64. The van der Waals surface area contributed by atoms with Crippen molar-refractivity contribution in [1.29, 1.82) is 0 Å². The van der Waals surface area contributed by atoms with Crippen molar-refractivity contribution >= 4 is 29.1 Å². The fraction of sp³-hybridized carbons (Fsp3) is 0.385. The van der Waals surface area contributed by atoms with Crippen LogP contribution in [0.25, 0.3) is 0 Å². The average Bonchev–Trinajstić information content (AvgIpc) is 2.25. The van der Waals surface area contributed by atoms with Crippen LogP contribution in [0.1, 0.15) is 20.3 Å². The predicted octanol–water partition coefficient (Wildman–Crippen LogP) is 1.74. The number of benzene rings is 1. The van der Waals surface area contributed by atoms with Gasteiger partial charge in [-0.3, -0.25) is 10.1 Å². The molecule has 0 radical (unpaired) electrons. The van der Waals surface area contributed by atoms with Crippen LogP contribution in [0.4, 0.5) is 21.9 Å². The van der Waals surface area contributed by atoms with E-state index in [-0.39, 0.29) is 19.1 Å². The van der Waals surface area contributed by atoms with Crippen molar-refractivity contribution in [3.05, 3.63) is 18.2 Å². The summed E-state index contributed by atoms with van der Waals surface area (Å²) in [6.45, 7) is 3.43. The molecule has 0 aliphatic heterocycles. The zero-order valence-electron chi connectivity index (χ0n) is 11.5. The number of carbonyl (C=O) groups is 2. The minimum Gasteiger partial charge on any atom is -0.463 e. The highest BCUT2D eigenvalue weighted by atomic mass is 16.6. The van der Waals surface area contributed by atoms with Crippen LogP contribution in [0, 0.1) is 0 Å². The number of ether oxygens (including phenoxy) is 2. The molecule has 0 saturated carbocycles. The molecule has 1 aromatic carbocycles. The first-order chi connectivity index (χ1) is 9.36. The van der Waals surface area contributed by atoms with E-state index >= 15 is 0 Å². The second-order valence-electron chi connectivity index (χ2n) is 4.44. The Bertz CT molecular complexity index is 468. The molecular formula is C13H19N3O4. The van der Waals surface area contributed by atoms with E-state index in [4.69, 9.17) is 20.9 Å². The van der Waals surface area contributed by atoms with Gasteiger partial charge in [-0.1, -0.05) is 0 Å². The highest BCUT2D eigenvalue weighted by Crippen LogP contribution is 2.18. The molecule has 0 unspecified atom stereocenters. The van der Waals surface area contributed by atoms with Crippen molar-refractivity contribution in [2.75, 3.05) is 23.4 Å². The number of hydrogen-bond acceptors (Lipinski definition) is 6. The maximum atomic E-state index is 11.5. The van der Waals surface area contributed by atoms with Gasteiger partial charge in [0.25, 0.3) is 0 Å². The highest BCUT2D eigenvalue weighted by Gasteiger charge is 2.08. The van der Waals surface area contributed by atoms with Gasteiger partial charge in [0.1, 0.15) is 6.61 Å². The molecule has 0 heterocycles. The predicted molar refractivity (Wildman–Crippen MR) is 76.1 cm³/mol. The molecule has 7 heteroatoms. The third-order valence-corrected chi connectivity index (χ3v) is 2.13. The van der Waals surface area contributed by atoms with Gasteiger partial charge in [0.15, 0.2) is 0 Å². The van der Waals surface area contributed by atoms with Crippen LogP contribution in [0.5, 0.6) is 0 Å². The van der Waals surface area contributed by atoms with Crippen molar-refractivity contribution in [1.82, 2.24) is 0 Å². The van der Waals surface area contributed by atoms with E-state index in [9.17, 15) is 9.59 Å². The quantitative estimate of drug-likeness (QED) is 0.559. The molecule has 1 rings (SSSR count). The number of carbonyl (C=O) groups excluding carboxylic acids is 2. The lowest BCUT2D eigenvalue weighted by Crippen LogP contribution is -2.18. The van der Waals surface area contributed by atoms with Gasteiger partial charge in [0, 0.05) is 17.1 Å². The van der Waals surface area contributed by atoms with E-state index < -0.39 is 12.1 Å². The van der Waals surface area contributed by atoms with Crippen LogP contribution < -0.4 is 16.8 Å². The SMILES string of the molecule is CC(C)OC(=O)CCOC(=O)Nc1cc(N)cc(N)c1.